The first-order valence-electron chi connectivity index (χ1n) is 6.38. The molecule has 1 unspecified atom stereocenters. The third kappa shape index (κ3) is 3.73. The second-order valence-electron chi connectivity index (χ2n) is 4.65. The summed E-state index contributed by atoms with van der Waals surface area (Å²) in [6.45, 7) is 6.26. The molecule has 1 saturated heterocycles. The Kier molecular flexibility index (Phi) is 4.89. The highest BCUT2D eigenvalue weighted by molar-refractivity contribution is 7.98. The monoisotopic (exact) mass is 253 g/mol. The van der Waals surface area contributed by atoms with E-state index in [2.05, 4.69) is 42.3 Å². The van der Waals surface area contributed by atoms with Gasteiger partial charge in [0.1, 0.15) is 0 Å². The van der Waals surface area contributed by atoms with Crippen molar-refractivity contribution >= 4 is 11.8 Å². The number of rotatable bonds is 4. The van der Waals surface area contributed by atoms with Gasteiger partial charge in [-0.1, -0.05) is 24.3 Å². The summed E-state index contributed by atoms with van der Waals surface area (Å²) < 4.78 is 5.39. The molecule has 0 aromatic heterocycles. The summed E-state index contributed by atoms with van der Waals surface area (Å²) in [5, 5.41) is 0. The Morgan fingerprint density at radius 3 is 2.47 bits per heavy atom. The molecule has 0 amide bonds. The molecule has 0 saturated carbocycles. The zero-order valence-corrected chi connectivity index (χ0v) is 11.8. The van der Waals surface area contributed by atoms with E-state index in [4.69, 9.17) is 4.74 Å². The molecule has 0 radical (unpaired) electrons. The molecule has 2 nitrogen and oxygen atoms in total. The Balaban J connectivity index is 1.89. The van der Waals surface area contributed by atoms with Gasteiger partial charge in [-0.3, -0.25) is 4.90 Å². The van der Waals surface area contributed by atoms with E-state index in [9.17, 15) is 0 Å². The van der Waals surface area contributed by atoms with E-state index in [1.807, 2.05) is 0 Å². The van der Waals surface area contributed by atoms with Crippen LogP contribution in [0.5, 0.6) is 0 Å². The molecular weight excluding hydrogens is 230 g/mol. The lowest BCUT2D eigenvalue weighted by molar-refractivity contribution is 0.0203. The molecule has 1 aliphatic rings. The lowest BCUT2D eigenvalue weighted by Gasteiger charge is -2.32. The molecule has 96 valence electrons. The highest BCUT2D eigenvalue weighted by Gasteiger charge is 2.16. The number of benzene rings is 1. The lowest BCUT2D eigenvalue weighted by Crippen LogP contribution is -2.43. The van der Waals surface area contributed by atoms with E-state index in [1.54, 1.807) is 0 Å². The van der Waals surface area contributed by atoms with Crippen molar-refractivity contribution in [1.82, 2.24) is 4.90 Å². The topological polar surface area (TPSA) is 12.5 Å². The first-order valence-corrected chi connectivity index (χ1v) is 7.88. The molecule has 1 fully saturated rings. The minimum Gasteiger partial charge on any atom is -0.379 e. The SMILES string of the molecule is C[SH2]c1ccc(CC(C)N2CCOCC2)cc1. The van der Waals surface area contributed by atoms with Crippen LogP contribution in [0.3, 0.4) is 0 Å². The predicted molar refractivity (Wildman–Crippen MR) is 76.6 cm³/mol. The molecule has 2 rings (SSSR count). The molecule has 1 atom stereocenters. The van der Waals surface area contributed by atoms with Crippen LogP contribution in [-0.4, -0.2) is 43.5 Å². The van der Waals surface area contributed by atoms with E-state index in [1.165, 1.54) is 10.5 Å². The first-order chi connectivity index (χ1) is 8.29. The van der Waals surface area contributed by atoms with Gasteiger partial charge in [0.25, 0.3) is 0 Å². The van der Waals surface area contributed by atoms with Crippen molar-refractivity contribution in [1.29, 1.82) is 0 Å². The third-order valence-corrected chi connectivity index (χ3v) is 4.35. The molecule has 1 aromatic rings. The predicted octanol–water partition coefficient (Wildman–Crippen LogP) is 2.14. The molecule has 1 aromatic carbocycles. The van der Waals surface area contributed by atoms with E-state index >= 15 is 0 Å². The van der Waals surface area contributed by atoms with E-state index in [-0.39, 0.29) is 0 Å². The number of ether oxygens (including phenoxy) is 1. The summed E-state index contributed by atoms with van der Waals surface area (Å²) in [5.74, 6) is 0. The fraction of sp³-hybridized carbons (Fsp3) is 0.571. The second-order valence-corrected chi connectivity index (χ2v) is 5.73. The second kappa shape index (κ2) is 6.43. The molecule has 0 aliphatic carbocycles. The fourth-order valence-corrected chi connectivity index (χ4v) is 2.80. The van der Waals surface area contributed by atoms with Gasteiger partial charge in [-0.15, -0.1) is 0 Å². The van der Waals surface area contributed by atoms with Crippen molar-refractivity contribution < 1.29 is 4.74 Å². The van der Waals surface area contributed by atoms with Crippen LogP contribution in [0, 0.1) is 0 Å². The Labute approximate surface area is 108 Å². The van der Waals surface area contributed by atoms with E-state index in [0.29, 0.717) is 6.04 Å². The summed E-state index contributed by atoms with van der Waals surface area (Å²) >= 11 is 0.900. The highest BCUT2D eigenvalue weighted by atomic mass is 32.2. The van der Waals surface area contributed by atoms with Crippen LogP contribution in [0.1, 0.15) is 12.5 Å². The van der Waals surface area contributed by atoms with Crippen molar-refractivity contribution in [2.75, 3.05) is 32.6 Å². The van der Waals surface area contributed by atoms with Gasteiger partial charge < -0.3 is 4.74 Å². The summed E-state index contributed by atoms with van der Waals surface area (Å²) in [7, 11) is 0. The van der Waals surface area contributed by atoms with E-state index < -0.39 is 0 Å². The Morgan fingerprint density at radius 2 is 1.88 bits per heavy atom. The maximum atomic E-state index is 5.39. The van der Waals surface area contributed by atoms with Crippen molar-refractivity contribution in [2.24, 2.45) is 0 Å². The van der Waals surface area contributed by atoms with Gasteiger partial charge in [-0.05, 0) is 30.1 Å². The van der Waals surface area contributed by atoms with Crippen molar-refractivity contribution in [3.05, 3.63) is 29.8 Å². The molecule has 1 heterocycles. The number of hydrogen-bond donors (Lipinski definition) is 0. The van der Waals surface area contributed by atoms with E-state index in [0.717, 1.165) is 44.5 Å². The van der Waals surface area contributed by atoms with Crippen LogP contribution >= 0.6 is 11.8 Å². The van der Waals surface area contributed by atoms with Gasteiger partial charge in [0.2, 0.25) is 0 Å². The van der Waals surface area contributed by atoms with Crippen LogP contribution in [0.15, 0.2) is 29.2 Å². The van der Waals surface area contributed by atoms with Gasteiger partial charge in [0, 0.05) is 19.1 Å². The van der Waals surface area contributed by atoms with Crippen molar-refractivity contribution in [3.63, 3.8) is 0 Å². The third-order valence-electron chi connectivity index (χ3n) is 3.44. The molecule has 1 aliphatic heterocycles. The minimum absolute atomic E-state index is 0.619. The highest BCUT2D eigenvalue weighted by Crippen LogP contribution is 2.17. The smallest absolute Gasteiger partial charge is 0.0594 e. The van der Waals surface area contributed by atoms with Crippen LogP contribution < -0.4 is 0 Å². The quantitative estimate of drug-likeness (QED) is 0.815. The fourth-order valence-electron chi connectivity index (χ4n) is 2.30. The minimum atomic E-state index is 0.619. The van der Waals surface area contributed by atoms with Gasteiger partial charge in [0.05, 0.1) is 13.2 Å². The number of morpholine rings is 1. The zero-order valence-electron chi connectivity index (χ0n) is 10.8. The average molecular weight is 253 g/mol. The van der Waals surface area contributed by atoms with Crippen LogP contribution in [0.25, 0.3) is 0 Å². The molecule has 3 heteroatoms. The summed E-state index contributed by atoms with van der Waals surface area (Å²) in [6, 6.07) is 9.71. The normalized spacial score (nSPS) is 20.4. The zero-order chi connectivity index (χ0) is 12.1. The largest absolute Gasteiger partial charge is 0.379 e. The maximum Gasteiger partial charge on any atom is 0.0594 e. The summed E-state index contributed by atoms with van der Waals surface area (Å²) in [6.07, 6.45) is 3.37. The number of nitrogens with zero attached hydrogens (tertiary/aromatic N) is 1. The molecule has 17 heavy (non-hydrogen) atoms. The van der Waals surface area contributed by atoms with Crippen LogP contribution in [-0.2, 0) is 11.2 Å². The van der Waals surface area contributed by atoms with Crippen molar-refractivity contribution in [3.8, 4) is 0 Å². The molecule has 0 bridgehead atoms. The van der Waals surface area contributed by atoms with Crippen molar-refractivity contribution in [2.45, 2.75) is 24.3 Å². The van der Waals surface area contributed by atoms with Crippen LogP contribution in [0.2, 0.25) is 0 Å². The Bertz CT molecular complexity index is 333. The average Bonchev–Trinajstić information content (AvgIpc) is 2.40. The summed E-state index contributed by atoms with van der Waals surface area (Å²) in [4.78, 5) is 3.98. The Morgan fingerprint density at radius 1 is 1.24 bits per heavy atom. The molecule has 0 N–H and O–H groups in total. The van der Waals surface area contributed by atoms with Crippen LogP contribution in [0.4, 0.5) is 0 Å². The molecule has 0 spiro atoms. The van der Waals surface area contributed by atoms with Gasteiger partial charge >= 0.3 is 0 Å². The summed E-state index contributed by atoms with van der Waals surface area (Å²) in [5.41, 5.74) is 1.45. The maximum absolute atomic E-state index is 5.39. The molecular formula is C14H23NOS. The first kappa shape index (κ1) is 12.9. The van der Waals surface area contributed by atoms with Gasteiger partial charge in [0.15, 0.2) is 0 Å². The van der Waals surface area contributed by atoms with Gasteiger partial charge in [-0.25, -0.2) is 11.8 Å². The Hall–Kier alpha value is -0.510. The van der Waals surface area contributed by atoms with Gasteiger partial charge in [-0.2, -0.15) is 0 Å². The lowest BCUT2D eigenvalue weighted by atomic mass is 10.1. The number of hydrogen-bond acceptors (Lipinski definition) is 2. The standard InChI is InChI=1S/C14H23NOS/c1-12(15-7-9-16-10-8-15)11-13-3-5-14(17-2)6-4-13/h3-6,12H,7-11,17H2,1-2H3.